The number of nitrogens with one attached hydrogen (secondary N) is 1. The highest BCUT2D eigenvalue weighted by Gasteiger charge is 2.29. The Kier molecular flexibility index (Phi) is 7.45. The van der Waals surface area contributed by atoms with E-state index in [4.69, 9.17) is 4.74 Å². The molecule has 1 atom stereocenters. The molecule has 0 aliphatic carbocycles. The molecule has 1 N–H and O–H groups in total. The molecule has 30 heavy (non-hydrogen) atoms. The van der Waals surface area contributed by atoms with Gasteiger partial charge in [0.15, 0.2) is 5.78 Å². The Balaban J connectivity index is 1.91. The van der Waals surface area contributed by atoms with Crippen LogP contribution in [0.5, 0.6) is 0 Å². The SMILES string of the molecule is CCc1c(C(=O)N(Cc2ccccc2)C(C)CN2CCOCC2)[nH]c(C)c1C(C)=O. The van der Waals surface area contributed by atoms with Gasteiger partial charge in [0.25, 0.3) is 5.91 Å². The summed E-state index contributed by atoms with van der Waals surface area (Å²) in [6.45, 7) is 12.1. The molecule has 1 saturated heterocycles. The molecular formula is C24H33N3O3. The van der Waals surface area contributed by atoms with Crippen molar-refractivity contribution in [3.8, 4) is 0 Å². The van der Waals surface area contributed by atoms with E-state index in [-0.39, 0.29) is 17.7 Å². The molecule has 1 aromatic carbocycles. The minimum absolute atomic E-state index is 0.00405. The lowest BCUT2D eigenvalue weighted by molar-refractivity contribution is 0.0227. The topological polar surface area (TPSA) is 65.6 Å². The number of H-pyrrole nitrogens is 1. The van der Waals surface area contributed by atoms with Gasteiger partial charge < -0.3 is 14.6 Å². The largest absolute Gasteiger partial charge is 0.379 e. The van der Waals surface area contributed by atoms with Crippen molar-refractivity contribution in [2.45, 2.75) is 46.7 Å². The van der Waals surface area contributed by atoms with Crippen LogP contribution < -0.4 is 0 Å². The first kappa shape index (κ1) is 22.2. The van der Waals surface area contributed by atoms with Crippen LogP contribution in [0.1, 0.15) is 58.4 Å². The van der Waals surface area contributed by atoms with Gasteiger partial charge in [-0.2, -0.15) is 0 Å². The molecule has 1 aliphatic rings. The summed E-state index contributed by atoms with van der Waals surface area (Å²) in [4.78, 5) is 33.4. The van der Waals surface area contributed by atoms with Crippen LogP contribution in [0.25, 0.3) is 0 Å². The Morgan fingerprint density at radius 2 is 1.87 bits per heavy atom. The van der Waals surface area contributed by atoms with Gasteiger partial charge in [-0.1, -0.05) is 37.3 Å². The highest BCUT2D eigenvalue weighted by molar-refractivity contribution is 6.02. The molecule has 0 radical (unpaired) electrons. The number of aromatic nitrogens is 1. The number of hydrogen-bond donors (Lipinski definition) is 1. The number of aromatic amines is 1. The Morgan fingerprint density at radius 3 is 2.47 bits per heavy atom. The monoisotopic (exact) mass is 411 g/mol. The second kappa shape index (κ2) is 10.0. The van der Waals surface area contributed by atoms with E-state index in [1.54, 1.807) is 6.92 Å². The summed E-state index contributed by atoms with van der Waals surface area (Å²) in [7, 11) is 0. The maximum atomic E-state index is 13.7. The van der Waals surface area contributed by atoms with Crippen LogP contribution in [-0.2, 0) is 17.7 Å². The number of carbonyl (C=O) groups is 2. The molecule has 0 spiro atoms. The van der Waals surface area contributed by atoms with Crippen LogP contribution >= 0.6 is 0 Å². The summed E-state index contributed by atoms with van der Waals surface area (Å²) in [5.41, 5.74) is 3.88. The molecule has 2 aromatic rings. The molecule has 162 valence electrons. The molecule has 1 aromatic heterocycles. The Morgan fingerprint density at radius 1 is 1.20 bits per heavy atom. The van der Waals surface area contributed by atoms with Gasteiger partial charge in [0.2, 0.25) is 0 Å². The molecule has 6 nitrogen and oxygen atoms in total. The van der Waals surface area contributed by atoms with E-state index in [2.05, 4.69) is 16.8 Å². The van der Waals surface area contributed by atoms with Crippen molar-refractivity contribution in [2.24, 2.45) is 0 Å². The number of hydrogen-bond acceptors (Lipinski definition) is 4. The first-order valence-electron chi connectivity index (χ1n) is 10.8. The van der Waals surface area contributed by atoms with Gasteiger partial charge >= 0.3 is 0 Å². The van der Waals surface area contributed by atoms with Gasteiger partial charge in [0.05, 0.1) is 13.2 Å². The van der Waals surface area contributed by atoms with Crippen molar-refractivity contribution < 1.29 is 14.3 Å². The van der Waals surface area contributed by atoms with Crippen molar-refractivity contribution in [2.75, 3.05) is 32.8 Å². The number of nitrogens with zero attached hydrogens (tertiary/aromatic N) is 2. The molecule has 2 heterocycles. The van der Waals surface area contributed by atoms with E-state index >= 15 is 0 Å². The number of aryl methyl sites for hydroxylation is 1. The number of carbonyl (C=O) groups excluding carboxylic acids is 2. The maximum Gasteiger partial charge on any atom is 0.271 e. The normalized spacial score (nSPS) is 15.7. The van der Waals surface area contributed by atoms with Gasteiger partial charge in [-0.3, -0.25) is 14.5 Å². The third-order valence-corrected chi connectivity index (χ3v) is 5.83. The minimum atomic E-state index is -0.0490. The van der Waals surface area contributed by atoms with Crippen LogP contribution in [0, 0.1) is 6.92 Å². The minimum Gasteiger partial charge on any atom is -0.379 e. The predicted molar refractivity (Wildman–Crippen MR) is 118 cm³/mol. The number of ketones is 1. The summed E-state index contributed by atoms with van der Waals surface area (Å²) >= 11 is 0. The lowest BCUT2D eigenvalue weighted by Crippen LogP contribution is -2.48. The van der Waals surface area contributed by atoms with Gasteiger partial charge in [-0.25, -0.2) is 0 Å². The van der Waals surface area contributed by atoms with Crippen molar-refractivity contribution in [3.05, 3.63) is 58.4 Å². The van der Waals surface area contributed by atoms with E-state index in [0.29, 0.717) is 24.2 Å². The molecule has 1 unspecified atom stereocenters. The standard InChI is InChI=1S/C24H33N3O3/c1-5-21-22(19(4)28)18(3)25-23(21)24(29)27(16-20-9-7-6-8-10-20)17(2)15-26-11-13-30-14-12-26/h6-10,17,25H,5,11-16H2,1-4H3. The molecule has 1 aliphatic heterocycles. The zero-order chi connectivity index (χ0) is 21.7. The molecular weight excluding hydrogens is 378 g/mol. The number of amides is 1. The Hall–Kier alpha value is -2.44. The zero-order valence-corrected chi connectivity index (χ0v) is 18.5. The predicted octanol–water partition coefficient (Wildman–Crippen LogP) is 3.45. The molecule has 3 rings (SSSR count). The van der Waals surface area contributed by atoms with E-state index < -0.39 is 0 Å². The second-order valence-corrected chi connectivity index (χ2v) is 8.07. The number of benzene rings is 1. The number of Topliss-reactive ketones (excluding diaryl/α,β-unsaturated/α-hetero) is 1. The van der Waals surface area contributed by atoms with E-state index in [0.717, 1.165) is 49.7 Å². The quantitative estimate of drug-likeness (QED) is 0.676. The van der Waals surface area contributed by atoms with Gasteiger partial charge in [0.1, 0.15) is 5.69 Å². The first-order valence-corrected chi connectivity index (χ1v) is 10.8. The average Bonchev–Trinajstić information content (AvgIpc) is 3.09. The average molecular weight is 412 g/mol. The van der Waals surface area contributed by atoms with E-state index in [9.17, 15) is 9.59 Å². The second-order valence-electron chi connectivity index (χ2n) is 8.07. The number of morpholine rings is 1. The van der Waals surface area contributed by atoms with Crippen LogP contribution in [-0.4, -0.2) is 65.4 Å². The number of ether oxygens (including phenoxy) is 1. The van der Waals surface area contributed by atoms with Crippen molar-refractivity contribution >= 4 is 11.7 Å². The maximum absolute atomic E-state index is 13.7. The Bertz CT molecular complexity index is 869. The highest BCUT2D eigenvalue weighted by Crippen LogP contribution is 2.23. The first-order chi connectivity index (χ1) is 14.4. The lowest BCUT2D eigenvalue weighted by Gasteiger charge is -2.35. The third-order valence-electron chi connectivity index (χ3n) is 5.83. The lowest BCUT2D eigenvalue weighted by atomic mass is 10.0. The number of rotatable bonds is 8. The summed E-state index contributed by atoms with van der Waals surface area (Å²) in [5.74, 6) is -0.0531. The fraction of sp³-hybridized carbons (Fsp3) is 0.500. The van der Waals surface area contributed by atoms with Gasteiger partial charge in [0, 0.05) is 43.5 Å². The molecule has 0 bridgehead atoms. The van der Waals surface area contributed by atoms with Crippen molar-refractivity contribution in [3.63, 3.8) is 0 Å². The summed E-state index contributed by atoms with van der Waals surface area (Å²) in [6.07, 6.45) is 0.636. The van der Waals surface area contributed by atoms with Gasteiger partial charge in [-0.05, 0) is 38.3 Å². The van der Waals surface area contributed by atoms with E-state index in [1.165, 1.54) is 0 Å². The van der Waals surface area contributed by atoms with Crippen molar-refractivity contribution in [1.29, 1.82) is 0 Å². The van der Waals surface area contributed by atoms with Crippen molar-refractivity contribution in [1.82, 2.24) is 14.8 Å². The fourth-order valence-electron chi connectivity index (χ4n) is 4.30. The fourth-order valence-corrected chi connectivity index (χ4v) is 4.30. The van der Waals surface area contributed by atoms with Crippen LogP contribution in [0.4, 0.5) is 0 Å². The van der Waals surface area contributed by atoms with Crippen LogP contribution in [0.15, 0.2) is 30.3 Å². The van der Waals surface area contributed by atoms with Crippen LogP contribution in [0.3, 0.4) is 0 Å². The third kappa shape index (κ3) is 4.99. The Labute approximate surface area is 179 Å². The molecule has 6 heteroatoms. The summed E-state index contributed by atoms with van der Waals surface area (Å²) in [5, 5.41) is 0. The smallest absolute Gasteiger partial charge is 0.271 e. The molecule has 1 amide bonds. The van der Waals surface area contributed by atoms with E-state index in [1.807, 2.05) is 49.1 Å². The van der Waals surface area contributed by atoms with Gasteiger partial charge in [-0.15, -0.1) is 0 Å². The summed E-state index contributed by atoms with van der Waals surface area (Å²) < 4.78 is 5.46. The highest BCUT2D eigenvalue weighted by atomic mass is 16.5. The molecule has 1 fully saturated rings. The van der Waals surface area contributed by atoms with Crippen LogP contribution in [0.2, 0.25) is 0 Å². The zero-order valence-electron chi connectivity index (χ0n) is 18.5. The summed E-state index contributed by atoms with van der Waals surface area (Å²) in [6, 6.07) is 10.1. The molecule has 0 saturated carbocycles.